The van der Waals surface area contributed by atoms with Gasteiger partial charge in [-0.3, -0.25) is 0 Å². The molecule has 1 aromatic carbocycles. The number of hydrogen-bond donors (Lipinski definition) is 1. The van der Waals surface area contributed by atoms with E-state index >= 15 is 0 Å². The van der Waals surface area contributed by atoms with Crippen molar-refractivity contribution >= 4 is 11.7 Å². The van der Waals surface area contributed by atoms with Gasteiger partial charge in [-0.25, -0.2) is 4.79 Å². The van der Waals surface area contributed by atoms with E-state index in [9.17, 15) is 4.79 Å². The smallest absolute Gasteiger partial charge is 0.344 e. The highest BCUT2D eigenvalue weighted by molar-refractivity contribution is 5.71. The minimum absolute atomic E-state index is 0.0595. The molecule has 94 valence electrons. The van der Waals surface area contributed by atoms with Crippen LogP contribution >= 0.6 is 0 Å². The maximum absolute atomic E-state index is 11.3. The minimum atomic E-state index is -0.335. The number of anilines is 1. The second-order valence-corrected chi connectivity index (χ2v) is 3.79. The van der Waals surface area contributed by atoms with Crippen LogP contribution in [0.25, 0.3) is 0 Å². The van der Waals surface area contributed by atoms with Gasteiger partial charge in [-0.05, 0) is 30.7 Å². The fourth-order valence-electron chi connectivity index (χ4n) is 1.29. The summed E-state index contributed by atoms with van der Waals surface area (Å²) in [7, 11) is 0. The molecule has 0 amide bonds. The van der Waals surface area contributed by atoms with Gasteiger partial charge in [-0.2, -0.15) is 0 Å². The molecule has 0 aliphatic carbocycles. The summed E-state index contributed by atoms with van der Waals surface area (Å²) >= 11 is 0. The maximum Gasteiger partial charge on any atom is 0.344 e. The quantitative estimate of drug-likeness (QED) is 0.449. The van der Waals surface area contributed by atoms with Crippen LogP contribution in [-0.2, 0) is 9.53 Å². The third-order valence-corrected chi connectivity index (χ3v) is 2.25. The molecule has 0 saturated heterocycles. The molecule has 0 aliphatic heterocycles. The van der Waals surface area contributed by atoms with Crippen LogP contribution in [-0.4, -0.2) is 19.2 Å². The molecular formula is C13H19NO3. The average molecular weight is 237 g/mol. The Balaban J connectivity index is 2.17. The molecule has 17 heavy (non-hydrogen) atoms. The highest BCUT2D eigenvalue weighted by Gasteiger charge is 2.03. The van der Waals surface area contributed by atoms with Crippen molar-refractivity contribution in [3.63, 3.8) is 0 Å². The number of nitrogens with two attached hydrogens (primary N) is 1. The van der Waals surface area contributed by atoms with Gasteiger partial charge in [0, 0.05) is 5.69 Å². The first-order valence-electron chi connectivity index (χ1n) is 5.86. The Kier molecular flexibility index (Phi) is 5.93. The fourth-order valence-corrected chi connectivity index (χ4v) is 1.29. The van der Waals surface area contributed by atoms with E-state index < -0.39 is 0 Å². The third-order valence-electron chi connectivity index (χ3n) is 2.25. The molecule has 0 aliphatic rings. The minimum Gasteiger partial charge on any atom is -0.482 e. The molecule has 4 heteroatoms. The van der Waals surface area contributed by atoms with Gasteiger partial charge in [0.25, 0.3) is 0 Å². The van der Waals surface area contributed by atoms with Crippen molar-refractivity contribution in [1.82, 2.24) is 0 Å². The van der Waals surface area contributed by atoms with Crippen molar-refractivity contribution in [3.8, 4) is 5.75 Å². The molecule has 0 aromatic heterocycles. The van der Waals surface area contributed by atoms with E-state index in [2.05, 4.69) is 6.92 Å². The van der Waals surface area contributed by atoms with Gasteiger partial charge in [0.05, 0.1) is 6.61 Å². The molecule has 0 spiro atoms. The first-order chi connectivity index (χ1) is 8.22. The van der Waals surface area contributed by atoms with E-state index in [1.54, 1.807) is 24.3 Å². The average Bonchev–Trinajstić information content (AvgIpc) is 2.34. The topological polar surface area (TPSA) is 61.5 Å². The van der Waals surface area contributed by atoms with Crippen molar-refractivity contribution in [2.24, 2.45) is 0 Å². The largest absolute Gasteiger partial charge is 0.482 e. The Bertz CT molecular complexity index is 335. The van der Waals surface area contributed by atoms with Crippen LogP contribution in [0.2, 0.25) is 0 Å². The van der Waals surface area contributed by atoms with Crippen LogP contribution in [0.1, 0.15) is 26.2 Å². The maximum atomic E-state index is 11.3. The Labute approximate surface area is 102 Å². The number of unbranched alkanes of at least 4 members (excludes halogenated alkanes) is 2. The number of benzene rings is 1. The first kappa shape index (κ1) is 13.4. The van der Waals surface area contributed by atoms with Crippen LogP contribution in [0, 0.1) is 0 Å². The zero-order valence-corrected chi connectivity index (χ0v) is 10.1. The molecule has 1 rings (SSSR count). The molecule has 0 fully saturated rings. The highest BCUT2D eigenvalue weighted by atomic mass is 16.6. The van der Waals surface area contributed by atoms with Crippen LogP contribution in [0.15, 0.2) is 24.3 Å². The Morgan fingerprint density at radius 2 is 1.94 bits per heavy atom. The Morgan fingerprint density at radius 3 is 2.59 bits per heavy atom. The van der Waals surface area contributed by atoms with E-state index in [0.717, 1.165) is 19.3 Å². The normalized spacial score (nSPS) is 9.94. The summed E-state index contributed by atoms with van der Waals surface area (Å²) in [5.41, 5.74) is 6.20. The van der Waals surface area contributed by atoms with Crippen molar-refractivity contribution in [2.45, 2.75) is 26.2 Å². The van der Waals surface area contributed by atoms with Gasteiger partial charge in [0.1, 0.15) is 5.75 Å². The summed E-state index contributed by atoms with van der Waals surface area (Å²) < 4.78 is 10.3. The van der Waals surface area contributed by atoms with Crippen molar-refractivity contribution in [2.75, 3.05) is 18.9 Å². The van der Waals surface area contributed by atoms with Gasteiger partial charge in [0.2, 0.25) is 0 Å². The van der Waals surface area contributed by atoms with Gasteiger partial charge < -0.3 is 15.2 Å². The molecule has 0 bridgehead atoms. The molecule has 1 aromatic rings. The summed E-state index contributed by atoms with van der Waals surface area (Å²) in [5, 5.41) is 0. The summed E-state index contributed by atoms with van der Waals surface area (Å²) in [6.07, 6.45) is 3.09. The molecular weight excluding hydrogens is 218 g/mol. The van der Waals surface area contributed by atoms with E-state index in [1.165, 1.54) is 0 Å². The lowest BCUT2D eigenvalue weighted by atomic mass is 10.3. The van der Waals surface area contributed by atoms with Gasteiger partial charge >= 0.3 is 5.97 Å². The number of esters is 1. The predicted molar refractivity (Wildman–Crippen MR) is 66.8 cm³/mol. The zero-order chi connectivity index (χ0) is 12.5. The van der Waals surface area contributed by atoms with Crippen LogP contribution in [0.4, 0.5) is 5.69 Å². The molecule has 0 heterocycles. The van der Waals surface area contributed by atoms with Crippen molar-refractivity contribution in [1.29, 1.82) is 0 Å². The lowest BCUT2D eigenvalue weighted by Crippen LogP contribution is -2.15. The highest BCUT2D eigenvalue weighted by Crippen LogP contribution is 2.12. The van der Waals surface area contributed by atoms with Gasteiger partial charge in [-0.15, -0.1) is 0 Å². The SMILES string of the molecule is CCCCCOC(=O)COc1ccc(N)cc1. The number of ether oxygens (including phenoxy) is 2. The van der Waals surface area contributed by atoms with Crippen LogP contribution < -0.4 is 10.5 Å². The number of rotatable bonds is 7. The summed E-state index contributed by atoms with van der Waals surface area (Å²) in [6, 6.07) is 6.89. The molecule has 0 radical (unpaired) electrons. The van der Waals surface area contributed by atoms with Gasteiger partial charge in [-0.1, -0.05) is 19.8 Å². The third kappa shape index (κ3) is 5.80. The number of carbonyl (C=O) groups is 1. The monoisotopic (exact) mass is 237 g/mol. The summed E-state index contributed by atoms with van der Waals surface area (Å²) in [4.78, 5) is 11.3. The molecule has 4 nitrogen and oxygen atoms in total. The van der Waals surface area contributed by atoms with E-state index in [1.807, 2.05) is 0 Å². The second-order valence-electron chi connectivity index (χ2n) is 3.79. The molecule has 2 N–H and O–H groups in total. The number of carbonyl (C=O) groups excluding carboxylic acids is 1. The zero-order valence-electron chi connectivity index (χ0n) is 10.1. The molecule has 0 saturated carbocycles. The Morgan fingerprint density at radius 1 is 1.24 bits per heavy atom. The van der Waals surface area contributed by atoms with Crippen LogP contribution in [0.3, 0.4) is 0 Å². The standard InChI is InChI=1S/C13H19NO3/c1-2-3-4-9-16-13(15)10-17-12-7-5-11(14)6-8-12/h5-8H,2-4,9-10,14H2,1H3. The lowest BCUT2D eigenvalue weighted by Gasteiger charge is -2.06. The number of nitrogen functional groups attached to an aromatic ring is 1. The predicted octanol–water partition coefficient (Wildman–Crippen LogP) is 2.38. The lowest BCUT2D eigenvalue weighted by molar-refractivity contribution is -0.146. The Hall–Kier alpha value is -1.71. The second kappa shape index (κ2) is 7.54. The van der Waals surface area contributed by atoms with E-state index in [-0.39, 0.29) is 12.6 Å². The first-order valence-corrected chi connectivity index (χ1v) is 5.86. The number of hydrogen-bond acceptors (Lipinski definition) is 4. The summed E-state index contributed by atoms with van der Waals surface area (Å²) in [5.74, 6) is 0.280. The summed E-state index contributed by atoms with van der Waals surface area (Å²) in [6.45, 7) is 2.51. The molecule has 0 unspecified atom stereocenters. The fraction of sp³-hybridized carbons (Fsp3) is 0.462. The molecule has 0 atom stereocenters. The van der Waals surface area contributed by atoms with Crippen molar-refractivity contribution in [3.05, 3.63) is 24.3 Å². The van der Waals surface area contributed by atoms with E-state index in [0.29, 0.717) is 18.0 Å². The van der Waals surface area contributed by atoms with Crippen LogP contribution in [0.5, 0.6) is 5.75 Å². The van der Waals surface area contributed by atoms with Crippen molar-refractivity contribution < 1.29 is 14.3 Å². The van der Waals surface area contributed by atoms with E-state index in [4.69, 9.17) is 15.2 Å². The van der Waals surface area contributed by atoms with Gasteiger partial charge in [0.15, 0.2) is 6.61 Å².